The summed E-state index contributed by atoms with van der Waals surface area (Å²) in [5.41, 5.74) is 14.4. The first-order valence-electron chi connectivity index (χ1n) is 13.8. The van der Waals surface area contributed by atoms with Crippen molar-refractivity contribution in [3.8, 4) is 5.75 Å². The number of benzene rings is 1. The summed E-state index contributed by atoms with van der Waals surface area (Å²) in [7, 11) is -4.44. The van der Waals surface area contributed by atoms with Crippen LogP contribution in [0.5, 0.6) is 5.75 Å². The van der Waals surface area contributed by atoms with Crippen LogP contribution in [0.2, 0.25) is 0 Å². The highest BCUT2D eigenvalue weighted by Crippen LogP contribution is 2.49. The number of azide groups is 1. The van der Waals surface area contributed by atoms with Crippen molar-refractivity contribution in [3.63, 3.8) is 0 Å². The highest BCUT2D eigenvalue weighted by molar-refractivity contribution is 7.52. The molecular formula is C27H36N7O8P. The zero-order valence-corrected chi connectivity index (χ0v) is 24.9. The Hall–Kier alpha value is -3.68. The predicted octanol–water partition coefficient (Wildman–Crippen LogP) is 3.88. The van der Waals surface area contributed by atoms with Gasteiger partial charge in [0, 0.05) is 11.1 Å². The second-order valence-corrected chi connectivity index (χ2v) is 11.9. The molecule has 15 nitrogen and oxygen atoms in total. The summed E-state index contributed by atoms with van der Waals surface area (Å²) in [4.78, 5) is 15.5. The number of carbonyl (C=O) groups is 1. The number of esters is 1. The summed E-state index contributed by atoms with van der Waals surface area (Å²) < 4.78 is 38.1. The number of nitrogens with one attached hydrogen (secondary N) is 1. The third kappa shape index (κ3) is 7.11. The van der Waals surface area contributed by atoms with Crippen molar-refractivity contribution in [1.82, 2.24) is 14.7 Å². The quantitative estimate of drug-likeness (QED) is 0.0669. The molecule has 0 amide bonds. The van der Waals surface area contributed by atoms with Crippen molar-refractivity contribution in [2.45, 2.75) is 63.7 Å². The number of ether oxygens (including phenoxy) is 2. The van der Waals surface area contributed by atoms with Crippen LogP contribution in [0.4, 0.5) is 5.69 Å². The number of hydrogen-bond acceptors (Lipinski definition) is 11. The molecule has 43 heavy (non-hydrogen) atoms. The Kier molecular flexibility index (Phi) is 10.3. The second kappa shape index (κ2) is 13.7. The van der Waals surface area contributed by atoms with E-state index in [4.69, 9.17) is 24.3 Å². The fourth-order valence-corrected chi connectivity index (χ4v) is 6.15. The van der Waals surface area contributed by atoms with E-state index >= 15 is 0 Å². The zero-order valence-electron chi connectivity index (χ0n) is 24.0. The van der Waals surface area contributed by atoms with E-state index in [1.54, 1.807) is 36.4 Å². The van der Waals surface area contributed by atoms with Crippen LogP contribution in [0, 0.1) is 5.92 Å². The van der Waals surface area contributed by atoms with E-state index < -0.39 is 50.4 Å². The molecule has 16 heteroatoms. The normalized spacial score (nSPS) is 23.9. The van der Waals surface area contributed by atoms with E-state index in [1.807, 2.05) is 13.8 Å². The number of aromatic nitrogens is 2. The maximum absolute atomic E-state index is 14.0. The molecule has 5 N–H and O–H groups in total. The number of rotatable bonds is 14. The third-order valence-corrected chi connectivity index (χ3v) is 8.90. The lowest BCUT2D eigenvalue weighted by Gasteiger charge is -2.29. The molecular weight excluding hydrogens is 581 g/mol. The Morgan fingerprint density at radius 2 is 1.98 bits per heavy atom. The number of aliphatic hydroxyl groups excluding tert-OH is 2. The van der Waals surface area contributed by atoms with Crippen LogP contribution in [0.1, 0.15) is 45.4 Å². The SMILES string of the molecule is CCC(CC)COC(=O)[C@H](C)NP(=O)(OC[C@@]1(N=[N+]=[N-])O[C@@H](c2ccc3c(N)ccnn23)[C@H](O)[C@@H]1O)Oc1ccccc1. The van der Waals surface area contributed by atoms with Crippen LogP contribution in [0.15, 0.2) is 59.8 Å². The minimum Gasteiger partial charge on any atom is -0.464 e. The number of anilines is 1. The number of aliphatic hydroxyl groups is 2. The van der Waals surface area contributed by atoms with Crippen LogP contribution in [-0.4, -0.2) is 63.0 Å². The summed E-state index contributed by atoms with van der Waals surface area (Å²) in [6.07, 6.45) is -1.59. The van der Waals surface area contributed by atoms with Gasteiger partial charge < -0.3 is 29.9 Å². The predicted molar refractivity (Wildman–Crippen MR) is 156 cm³/mol. The van der Waals surface area contributed by atoms with Gasteiger partial charge in [-0.15, -0.1) is 0 Å². The Morgan fingerprint density at radius 3 is 2.65 bits per heavy atom. The second-order valence-electron chi connectivity index (χ2n) is 10.2. The minimum absolute atomic E-state index is 0.142. The van der Waals surface area contributed by atoms with Gasteiger partial charge in [-0.1, -0.05) is 50.0 Å². The maximum Gasteiger partial charge on any atom is 0.459 e. The molecule has 3 aromatic rings. The van der Waals surface area contributed by atoms with E-state index in [0.717, 1.165) is 12.8 Å². The zero-order chi connectivity index (χ0) is 31.2. The van der Waals surface area contributed by atoms with Crippen LogP contribution in [0.3, 0.4) is 0 Å². The van der Waals surface area contributed by atoms with Gasteiger partial charge in [0.25, 0.3) is 0 Å². The van der Waals surface area contributed by atoms with Crippen molar-refractivity contribution < 1.29 is 38.1 Å². The highest BCUT2D eigenvalue weighted by atomic mass is 31.2. The maximum atomic E-state index is 14.0. The first kappa shape index (κ1) is 32.2. The van der Waals surface area contributed by atoms with E-state index in [2.05, 4.69) is 20.2 Å². The van der Waals surface area contributed by atoms with Gasteiger partial charge in [-0.3, -0.25) is 9.32 Å². The number of fused-ring (bicyclic) bond motifs is 1. The van der Waals surface area contributed by atoms with Crippen molar-refractivity contribution in [2.75, 3.05) is 18.9 Å². The molecule has 6 atom stereocenters. The standard InChI is InChI=1S/C27H36N7O8P/c1-4-18(5-2)15-39-26(37)17(3)31-43(38,42-19-9-7-6-8-10-19)40-16-27(32-33-29)25(36)23(35)24(41-27)22-12-11-21-20(28)13-14-30-34(21)22/h6-14,17-18,23-25,35-36H,4-5,15-16,28H2,1-3H3,(H,31,38)/t17-,23-,24-,25-,27+,43?/m0/s1. The van der Waals surface area contributed by atoms with Crippen LogP contribution in [0.25, 0.3) is 16.0 Å². The Bertz CT molecular complexity index is 1500. The van der Waals surface area contributed by atoms with Gasteiger partial charge in [0.05, 0.1) is 30.1 Å². The third-order valence-electron chi connectivity index (χ3n) is 7.28. The monoisotopic (exact) mass is 617 g/mol. The fourth-order valence-electron chi connectivity index (χ4n) is 4.63. The molecule has 0 spiro atoms. The summed E-state index contributed by atoms with van der Waals surface area (Å²) in [6.45, 7) is 4.77. The molecule has 0 aliphatic carbocycles. The molecule has 1 fully saturated rings. The van der Waals surface area contributed by atoms with Crippen LogP contribution < -0.4 is 15.3 Å². The van der Waals surface area contributed by atoms with Gasteiger partial charge in [0.2, 0.25) is 0 Å². The van der Waals surface area contributed by atoms with E-state index in [0.29, 0.717) is 16.9 Å². The van der Waals surface area contributed by atoms with Gasteiger partial charge in [-0.2, -0.15) is 10.2 Å². The van der Waals surface area contributed by atoms with E-state index in [9.17, 15) is 25.1 Å². The molecule has 2 aromatic heterocycles. The van der Waals surface area contributed by atoms with Gasteiger partial charge in [0.1, 0.15) is 30.1 Å². The summed E-state index contributed by atoms with van der Waals surface area (Å²) >= 11 is 0. The van der Waals surface area contributed by atoms with Gasteiger partial charge in [-0.25, -0.2) is 9.08 Å². The first-order valence-corrected chi connectivity index (χ1v) is 15.4. The van der Waals surface area contributed by atoms with E-state index in [-0.39, 0.29) is 18.3 Å². The molecule has 3 heterocycles. The first-order chi connectivity index (χ1) is 20.6. The molecule has 1 saturated heterocycles. The molecule has 0 radical (unpaired) electrons. The molecule has 1 aliphatic rings. The molecule has 1 aromatic carbocycles. The van der Waals surface area contributed by atoms with E-state index in [1.165, 1.54) is 29.8 Å². The number of para-hydroxylation sites is 1. The van der Waals surface area contributed by atoms with Crippen molar-refractivity contribution in [1.29, 1.82) is 0 Å². The minimum atomic E-state index is -4.44. The summed E-state index contributed by atoms with van der Waals surface area (Å²) in [5.74, 6) is -0.368. The molecule has 232 valence electrons. The number of carbonyl (C=O) groups excluding carboxylic acids is 1. The topological polar surface area (TPSA) is 216 Å². The van der Waals surface area contributed by atoms with Crippen LogP contribution in [-0.2, 0) is 23.4 Å². The average Bonchev–Trinajstić information content (AvgIpc) is 3.53. The average molecular weight is 618 g/mol. The van der Waals surface area contributed by atoms with Gasteiger partial charge >= 0.3 is 13.7 Å². The van der Waals surface area contributed by atoms with Gasteiger partial charge in [-0.05, 0) is 48.7 Å². The lowest BCUT2D eigenvalue weighted by molar-refractivity contribution is -0.146. The Morgan fingerprint density at radius 1 is 1.26 bits per heavy atom. The number of nitrogens with two attached hydrogens (primary N) is 1. The number of nitrogen functional groups attached to an aromatic ring is 1. The lowest BCUT2D eigenvalue weighted by atomic mass is 10.0. The molecule has 1 unspecified atom stereocenters. The molecule has 0 bridgehead atoms. The Labute approximate surface area is 248 Å². The molecule has 1 aliphatic heterocycles. The largest absolute Gasteiger partial charge is 0.464 e. The van der Waals surface area contributed by atoms with Crippen molar-refractivity contribution >= 4 is 24.9 Å². The van der Waals surface area contributed by atoms with Crippen molar-refractivity contribution in [2.24, 2.45) is 11.0 Å². The van der Waals surface area contributed by atoms with Crippen molar-refractivity contribution in [3.05, 3.63) is 70.9 Å². The Balaban J connectivity index is 1.58. The number of hydrogen-bond donors (Lipinski definition) is 4. The highest BCUT2D eigenvalue weighted by Gasteiger charge is 2.56. The smallest absolute Gasteiger partial charge is 0.459 e. The summed E-state index contributed by atoms with van der Waals surface area (Å²) in [5, 5.41) is 32.4. The fraction of sp³-hybridized carbons (Fsp3) is 0.481. The molecule has 4 rings (SSSR count). The molecule has 0 saturated carbocycles. The van der Waals surface area contributed by atoms with Crippen LogP contribution >= 0.6 is 7.75 Å². The summed E-state index contributed by atoms with van der Waals surface area (Å²) in [6, 6.07) is 11.7. The number of nitrogens with zero attached hydrogens (tertiary/aromatic N) is 5. The lowest BCUT2D eigenvalue weighted by Crippen LogP contribution is -2.45. The van der Waals surface area contributed by atoms with Gasteiger partial charge in [0.15, 0.2) is 5.72 Å².